The molecule has 0 aromatic carbocycles. The fraction of sp³-hybridized carbons (Fsp3) is 0.500. The number of nitrogens with zero attached hydrogens (tertiary/aromatic N) is 2. The molecule has 1 aromatic rings. The van der Waals surface area contributed by atoms with Crippen molar-refractivity contribution in [2.24, 2.45) is 0 Å². The minimum Gasteiger partial charge on any atom is -0.478 e. The molecule has 2 rings (SSSR count). The molecular formula is C12H17N3O3. The summed E-state index contributed by atoms with van der Waals surface area (Å²) in [6.45, 7) is 4.06. The zero-order chi connectivity index (χ0) is 13.1. The van der Waals surface area contributed by atoms with E-state index in [1.54, 1.807) is 0 Å². The molecule has 1 atom stereocenters. The molecule has 98 valence electrons. The summed E-state index contributed by atoms with van der Waals surface area (Å²) >= 11 is 0. The number of pyridine rings is 1. The molecule has 0 radical (unpaired) electrons. The Morgan fingerprint density at radius 3 is 3.17 bits per heavy atom. The number of aromatic nitrogens is 1. The van der Waals surface area contributed by atoms with E-state index in [0.29, 0.717) is 25.6 Å². The molecule has 1 aromatic heterocycles. The number of ether oxygens (including phenoxy) is 1. The number of hydrogen-bond donors (Lipinski definition) is 2. The summed E-state index contributed by atoms with van der Waals surface area (Å²) in [6.07, 6.45) is 2.33. The number of hydrogen-bond acceptors (Lipinski definition) is 5. The minimum absolute atomic E-state index is 0.0985. The van der Waals surface area contributed by atoms with Crippen molar-refractivity contribution < 1.29 is 14.6 Å². The Kier molecular flexibility index (Phi) is 3.66. The van der Waals surface area contributed by atoms with Crippen LogP contribution in [0, 0.1) is 0 Å². The summed E-state index contributed by atoms with van der Waals surface area (Å²) in [7, 11) is 0. The molecule has 1 unspecified atom stereocenters. The average molecular weight is 251 g/mol. The van der Waals surface area contributed by atoms with E-state index in [1.807, 2.05) is 0 Å². The van der Waals surface area contributed by atoms with E-state index in [-0.39, 0.29) is 17.3 Å². The van der Waals surface area contributed by atoms with Gasteiger partial charge in [-0.25, -0.2) is 9.78 Å². The lowest BCUT2D eigenvalue weighted by atomic mass is 10.1. The topological polar surface area (TPSA) is 88.7 Å². The molecule has 0 spiro atoms. The van der Waals surface area contributed by atoms with E-state index in [2.05, 4.69) is 16.8 Å². The van der Waals surface area contributed by atoms with Crippen molar-refractivity contribution >= 4 is 17.5 Å². The first-order chi connectivity index (χ1) is 8.63. The van der Waals surface area contributed by atoms with Crippen LogP contribution in [0.15, 0.2) is 12.3 Å². The largest absolute Gasteiger partial charge is 0.478 e. The quantitative estimate of drug-likeness (QED) is 0.832. The number of carboxylic acid groups (broad SMARTS) is 1. The first kappa shape index (κ1) is 12.6. The summed E-state index contributed by atoms with van der Waals surface area (Å²) in [5, 5.41) is 9.06. The predicted octanol–water partition coefficient (Wildman–Crippen LogP) is 0.977. The lowest BCUT2D eigenvalue weighted by Gasteiger charge is -2.36. The third kappa shape index (κ3) is 2.38. The third-order valence-corrected chi connectivity index (χ3v) is 3.14. The lowest BCUT2D eigenvalue weighted by molar-refractivity contribution is 0.0698. The van der Waals surface area contributed by atoms with Crippen LogP contribution in [0.5, 0.6) is 0 Å². The second kappa shape index (κ2) is 5.22. The van der Waals surface area contributed by atoms with E-state index >= 15 is 0 Å². The highest BCUT2D eigenvalue weighted by molar-refractivity contribution is 5.94. The maximum atomic E-state index is 11.1. The maximum absolute atomic E-state index is 11.1. The van der Waals surface area contributed by atoms with E-state index in [1.165, 1.54) is 12.3 Å². The molecule has 1 fully saturated rings. The fourth-order valence-electron chi connectivity index (χ4n) is 2.09. The normalized spacial score (nSPS) is 19.8. The van der Waals surface area contributed by atoms with Gasteiger partial charge in [0.2, 0.25) is 0 Å². The average Bonchev–Trinajstić information content (AvgIpc) is 2.39. The molecule has 0 saturated carbocycles. The molecule has 0 amide bonds. The number of morpholine rings is 1. The Morgan fingerprint density at radius 1 is 1.72 bits per heavy atom. The van der Waals surface area contributed by atoms with Gasteiger partial charge >= 0.3 is 5.97 Å². The number of carbonyl (C=O) groups is 1. The van der Waals surface area contributed by atoms with Crippen molar-refractivity contribution in [3.05, 3.63) is 17.8 Å². The molecule has 1 aliphatic rings. The zero-order valence-corrected chi connectivity index (χ0v) is 10.3. The fourth-order valence-corrected chi connectivity index (χ4v) is 2.09. The summed E-state index contributed by atoms with van der Waals surface area (Å²) in [5.74, 6) is -0.380. The molecule has 6 heteroatoms. The van der Waals surface area contributed by atoms with Crippen LogP contribution in [0.1, 0.15) is 23.7 Å². The smallest absolute Gasteiger partial charge is 0.337 e. The summed E-state index contributed by atoms with van der Waals surface area (Å²) < 4.78 is 5.42. The van der Waals surface area contributed by atoms with Gasteiger partial charge in [-0.15, -0.1) is 0 Å². The molecule has 18 heavy (non-hydrogen) atoms. The van der Waals surface area contributed by atoms with Crippen molar-refractivity contribution in [2.45, 2.75) is 19.4 Å². The molecule has 1 aliphatic heterocycles. The summed E-state index contributed by atoms with van der Waals surface area (Å²) in [6, 6.07) is 1.77. The van der Waals surface area contributed by atoms with Crippen molar-refractivity contribution in [1.82, 2.24) is 4.98 Å². The van der Waals surface area contributed by atoms with Gasteiger partial charge in [-0.3, -0.25) is 0 Å². The summed E-state index contributed by atoms with van der Waals surface area (Å²) in [4.78, 5) is 17.4. The predicted molar refractivity (Wildman–Crippen MR) is 67.9 cm³/mol. The van der Waals surface area contributed by atoms with Crippen LogP contribution >= 0.6 is 0 Å². The van der Waals surface area contributed by atoms with Gasteiger partial charge < -0.3 is 20.5 Å². The highest BCUT2D eigenvalue weighted by Gasteiger charge is 2.23. The number of aromatic carboxylic acids is 1. The van der Waals surface area contributed by atoms with Gasteiger partial charge in [-0.05, 0) is 12.5 Å². The Labute approximate surface area is 105 Å². The molecule has 2 heterocycles. The van der Waals surface area contributed by atoms with Crippen molar-refractivity contribution in [3.63, 3.8) is 0 Å². The Bertz CT molecular complexity index is 450. The minimum atomic E-state index is -1.03. The van der Waals surface area contributed by atoms with Gasteiger partial charge in [0.25, 0.3) is 0 Å². The monoisotopic (exact) mass is 251 g/mol. The molecule has 1 saturated heterocycles. The highest BCUT2D eigenvalue weighted by Crippen LogP contribution is 2.22. The van der Waals surface area contributed by atoms with Gasteiger partial charge in [0.05, 0.1) is 36.7 Å². The van der Waals surface area contributed by atoms with E-state index in [9.17, 15) is 4.79 Å². The van der Waals surface area contributed by atoms with Crippen LogP contribution in [0.4, 0.5) is 11.5 Å². The molecular weight excluding hydrogens is 234 g/mol. The van der Waals surface area contributed by atoms with Crippen molar-refractivity contribution in [2.75, 3.05) is 30.4 Å². The molecule has 6 nitrogen and oxygen atoms in total. The number of nitrogens with two attached hydrogens (primary N) is 1. The second-order valence-electron chi connectivity index (χ2n) is 4.27. The van der Waals surface area contributed by atoms with Gasteiger partial charge in [0, 0.05) is 6.54 Å². The van der Waals surface area contributed by atoms with Crippen LogP contribution < -0.4 is 10.6 Å². The van der Waals surface area contributed by atoms with E-state index in [0.717, 1.165) is 6.42 Å². The number of rotatable bonds is 3. The van der Waals surface area contributed by atoms with Gasteiger partial charge in [-0.2, -0.15) is 0 Å². The molecule has 3 N–H and O–H groups in total. The standard InChI is InChI=1S/C12H17N3O3/c1-2-8-7-18-4-3-15(8)11-5-9(12(16)17)10(13)6-14-11/h5-6,8H,2-4,7,13H2,1H3,(H,16,17). The second-order valence-corrected chi connectivity index (χ2v) is 4.27. The first-order valence-corrected chi connectivity index (χ1v) is 5.96. The van der Waals surface area contributed by atoms with Gasteiger partial charge in [-0.1, -0.05) is 6.92 Å². The maximum Gasteiger partial charge on any atom is 0.337 e. The Hall–Kier alpha value is -1.82. The number of anilines is 2. The van der Waals surface area contributed by atoms with Crippen LogP contribution in [0.2, 0.25) is 0 Å². The first-order valence-electron chi connectivity index (χ1n) is 5.96. The van der Waals surface area contributed by atoms with Crippen LogP contribution in [-0.2, 0) is 4.74 Å². The SMILES string of the molecule is CCC1COCCN1c1cc(C(=O)O)c(N)cn1. The zero-order valence-electron chi connectivity index (χ0n) is 10.3. The lowest BCUT2D eigenvalue weighted by Crippen LogP contribution is -2.45. The van der Waals surface area contributed by atoms with Crippen molar-refractivity contribution in [3.8, 4) is 0 Å². The number of nitrogen functional groups attached to an aromatic ring is 1. The summed E-state index contributed by atoms with van der Waals surface area (Å²) in [5.41, 5.74) is 5.89. The molecule has 0 bridgehead atoms. The van der Waals surface area contributed by atoms with Gasteiger partial charge in [0.15, 0.2) is 0 Å². The third-order valence-electron chi connectivity index (χ3n) is 3.14. The Morgan fingerprint density at radius 2 is 2.50 bits per heavy atom. The van der Waals surface area contributed by atoms with E-state index < -0.39 is 5.97 Å². The van der Waals surface area contributed by atoms with Crippen molar-refractivity contribution in [1.29, 1.82) is 0 Å². The van der Waals surface area contributed by atoms with Gasteiger partial charge in [0.1, 0.15) is 5.82 Å². The van der Waals surface area contributed by atoms with E-state index in [4.69, 9.17) is 15.6 Å². The van der Waals surface area contributed by atoms with Crippen LogP contribution in [0.3, 0.4) is 0 Å². The highest BCUT2D eigenvalue weighted by atomic mass is 16.5. The van der Waals surface area contributed by atoms with Crippen LogP contribution in [0.25, 0.3) is 0 Å². The molecule has 0 aliphatic carbocycles. The van der Waals surface area contributed by atoms with Crippen LogP contribution in [-0.4, -0.2) is 41.9 Å². The Balaban J connectivity index is 2.32. The number of carboxylic acids is 1.